The highest BCUT2D eigenvalue weighted by Crippen LogP contribution is 2.18. The largest absolute Gasteiger partial charge is 0.494 e. The molecule has 1 aliphatic rings. The van der Waals surface area contributed by atoms with E-state index in [-0.39, 0.29) is 6.61 Å². The summed E-state index contributed by atoms with van der Waals surface area (Å²) in [5.41, 5.74) is 1.33. The van der Waals surface area contributed by atoms with Crippen molar-refractivity contribution in [1.29, 1.82) is 0 Å². The van der Waals surface area contributed by atoms with Crippen LogP contribution < -0.4 is 10.1 Å². The number of aliphatic carboxylic acids is 1. The Bertz CT molecular complexity index is 786. The highest BCUT2D eigenvalue weighted by Gasteiger charge is 2.10. The predicted molar refractivity (Wildman–Crippen MR) is 119 cm³/mol. The SMILES string of the molecule is CC(=O)O.Cn1nc(CO)nc1NCCCCOc1cccc(CN2CCCCC2)c1. The predicted octanol–water partition coefficient (Wildman–Crippen LogP) is 2.66. The van der Waals surface area contributed by atoms with E-state index in [1.807, 2.05) is 13.1 Å². The van der Waals surface area contributed by atoms with Gasteiger partial charge in [0.05, 0.1) is 6.61 Å². The van der Waals surface area contributed by atoms with Crippen LogP contribution in [0.25, 0.3) is 0 Å². The smallest absolute Gasteiger partial charge is 0.300 e. The molecular weight excluding hydrogens is 398 g/mol. The lowest BCUT2D eigenvalue weighted by atomic mass is 10.1. The summed E-state index contributed by atoms with van der Waals surface area (Å²) in [4.78, 5) is 15.7. The molecule has 2 heterocycles. The number of ether oxygens (including phenoxy) is 1. The van der Waals surface area contributed by atoms with Gasteiger partial charge in [-0.05, 0) is 56.5 Å². The van der Waals surface area contributed by atoms with E-state index in [2.05, 4.69) is 38.5 Å². The Kier molecular flexibility index (Phi) is 10.8. The maximum atomic E-state index is 9.05. The molecule has 9 heteroatoms. The molecule has 0 bridgehead atoms. The number of aryl methyl sites for hydroxylation is 1. The number of rotatable bonds is 10. The molecule has 3 N–H and O–H groups in total. The number of hydrogen-bond acceptors (Lipinski definition) is 7. The molecule has 0 atom stereocenters. The molecular formula is C22H35N5O4. The Balaban J connectivity index is 0.000000785. The van der Waals surface area contributed by atoms with Gasteiger partial charge in [-0.15, -0.1) is 0 Å². The first-order chi connectivity index (χ1) is 15.0. The minimum absolute atomic E-state index is 0.139. The van der Waals surface area contributed by atoms with Crippen molar-refractivity contribution in [3.05, 3.63) is 35.7 Å². The van der Waals surface area contributed by atoms with Crippen LogP contribution in [0.5, 0.6) is 5.75 Å². The number of likely N-dealkylation sites (tertiary alicyclic amines) is 1. The Morgan fingerprint density at radius 1 is 1.23 bits per heavy atom. The number of aliphatic hydroxyl groups is 1. The Hall–Kier alpha value is -2.65. The number of carbonyl (C=O) groups is 1. The van der Waals surface area contributed by atoms with Crippen molar-refractivity contribution in [3.8, 4) is 5.75 Å². The summed E-state index contributed by atoms with van der Waals surface area (Å²) in [6.45, 7) is 5.90. The van der Waals surface area contributed by atoms with Gasteiger partial charge in [-0.25, -0.2) is 4.68 Å². The summed E-state index contributed by atoms with van der Waals surface area (Å²) in [5, 5.41) is 23.8. The fraction of sp³-hybridized carbons (Fsp3) is 0.591. The molecule has 3 rings (SSSR count). The monoisotopic (exact) mass is 433 g/mol. The molecule has 0 radical (unpaired) electrons. The third-order valence-electron chi connectivity index (χ3n) is 4.82. The van der Waals surface area contributed by atoms with Crippen LogP contribution in [0.4, 0.5) is 5.95 Å². The van der Waals surface area contributed by atoms with Crippen molar-refractivity contribution in [2.75, 3.05) is 31.6 Å². The van der Waals surface area contributed by atoms with Gasteiger partial charge in [-0.2, -0.15) is 10.1 Å². The van der Waals surface area contributed by atoms with Crippen LogP contribution in [0.15, 0.2) is 24.3 Å². The lowest BCUT2D eigenvalue weighted by Crippen LogP contribution is -2.29. The van der Waals surface area contributed by atoms with E-state index in [4.69, 9.17) is 19.7 Å². The molecule has 0 aliphatic carbocycles. The molecule has 9 nitrogen and oxygen atoms in total. The van der Waals surface area contributed by atoms with Gasteiger partial charge >= 0.3 is 0 Å². The van der Waals surface area contributed by atoms with Crippen molar-refractivity contribution in [3.63, 3.8) is 0 Å². The van der Waals surface area contributed by atoms with Gasteiger partial charge in [0.25, 0.3) is 5.97 Å². The highest BCUT2D eigenvalue weighted by atomic mass is 16.5. The van der Waals surface area contributed by atoms with Crippen molar-refractivity contribution >= 4 is 11.9 Å². The topological polar surface area (TPSA) is 113 Å². The average Bonchev–Trinajstić information content (AvgIpc) is 3.11. The first-order valence-electron chi connectivity index (χ1n) is 10.9. The third-order valence-corrected chi connectivity index (χ3v) is 4.82. The van der Waals surface area contributed by atoms with E-state index in [9.17, 15) is 0 Å². The summed E-state index contributed by atoms with van der Waals surface area (Å²) < 4.78 is 7.57. The lowest BCUT2D eigenvalue weighted by molar-refractivity contribution is -0.134. The number of piperidine rings is 1. The maximum Gasteiger partial charge on any atom is 0.300 e. The van der Waals surface area contributed by atoms with Crippen molar-refractivity contribution in [1.82, 2.24) is 19.7 Å². The first kappa shape index (κ1) is 24.6. The normalized spacial score (nSPS) is 13.9. The summed E-state index contributed by atoms with van der Waals surface area (Å²) >= 11 is 0. The Labute approximate surface area is 184 Å². The molecule has 0 amide bonds. The second kappa shape index (κ2) is 13.6. The molecule has 0 unspecified atom stereocenters. The van der Waals surface area contributed by atoms with E-state index in [0.717, 1.165) is 38.6 Å². The number of benzene rings is 1. The van der Waals surface area contributed by atoms with Crippen molar-refractivity contribution in [2.24, 2.45) is 7.05 Å². The van der Waals surface area contributed by atoms with Gasteiger partial charge < -0.3 is 20.3 Å². The lowest BCUT2D eigenvalue weighted by Gasteiger charge is -2.26. The molecule has 1 saturated heterocycles. The van der Waals surface area contributed by atoms with E-state index < -0.39 is 5.97 Å². The second-order valence-corrected chi connectivity index (χ2v) is 7.62. The number of hydrogen-bond donors (Lipinski definition) is 3. The Morgan fingerprint density at radius 3 is 2.65 bits per heavy atom. The second-order valence-electron chi connectivity index (χ2n) is 7.62. The number of anilines is 1. The molecule has 1 aromatic carbocycles. The number of aromatic nitrogens is 3. The zero-order valence-electron chi connectivity index (χ0n) is 18.6. The molecule has 0 spiro atoms. The molecule has 1 fully saturated rings. The number of carboxylic acid groups (broad SMARTS) is 1. The van der Waals surface area contributed by atoms with Crippen molar-refractivity contribution < 1.29 is 19.7 Å². The van der Waals surface area contributed by atoms with Crippen LogP contribution in [0.2, 0.25) is 0 Å². The quantitative estimate of drug-likeness (QED) is 0.490. The minimum Gasteiger partial charge on any atom is -0.494 e. The van der Waals surface area contributed by atoms with Crippen molar-refractivity contribution in [2.45, 2.75) is 52.2 Å². The zero-order chi connectivity index (χ0) is 22.5. The number of nitrogens with zero attached hydrogens (tertiary/aromatic N) is 4. The van der Waals surface area contributed by atoms with E-state index >= 15 is 0 Å². The van der Waals surface area contributed by atoms with E-state index in [1.165, 1.54) is 37.9 Å². The van der Waals surface area contributed by atoms with Gasteiger partial charge in [-0.1, -0.05) is 18.6 Å². The fourth-order valence-electron chi connectivity index (χ4n) is 3.39. The zero-order valence-corrected chi connectivity index (χ0v) is 18.6. The fourth-order valence-corrected chi connectivity index (χ4v) is 3.39. The molecule has 2 aromatic rings. The van der Waals surface area contributed by atoms with Gasteiger partial charge in [0.1, 0.15) is 12.4 Å². The summed E-state index contributed by atoms with van der Waals surface area (Å²) in [5.74, 6) is 1.25. The Morgan fingerprint density at radius 2 is 1.97 bits per heavy atom. The van der Waals surface area contributed by atoms with Crippen LogP contribution in [0.3, 0.4) is 0 Å². The molecule has 1 aliphatic heterocycles. The maximum absolute atomic E-state index is 9.05. The molecule has 1 aromatic heterocycles. The van der Waals surface area contributed by atoms with Crippen LogP contribution in [0.1, 0.15) is 50.4 Å². The van der Waals surface area contributed by atoms with Crippen LogP contribution >= 0.6 is 0 Å². The van der Waals surface area contributed by atoms with Crippen LogP contribution in [0, 0.1) is 0 Å². The average molecular weight is 434 g/mol. The van der Waals surface area contributed by atoms with Gasteiger partial charge in [0, 0.05) is 27.1 Å². The standard InChI is InChI=1S/C20H31N5O2.C2H4O2/c1-24-20(22-19(16-26)23-24)21-10-3-6-13-27-18-9-7-8-17(14-18)15-25-11-4-2-5-12-25;1-2(3)4/h7-9,14,26H,2-6,10-13,15-16H2,1H3,(H,21,22,23);1H3,(H,3,4). The van der Waals surface area contributed by atoms with E-state index in [0.29, 0.717) is 18.4 Å². The number of nitrogens with one attached hydrogen (secondary N) is 1. The molecule has 0 saturated carbocycles. The minimum atomic E-state index is -0.833. The summed E-state index contributed by atoms with van der Waals surface area (Å²) in [6, 6.07) is 8.48. The number of unbranched alkanes of at least 4 members (excludes halogenated alkanes) is 1. The third kappa shape index (κ3) is 9.80. The van der Waals surface area contributed by atoms with Crippen LogP contribution in [-0.2, 0) is 25.0 Å². The molecule has 172 valence electrons. The van der Waals surface area contributed by atoms with Gasteiger partial charge in [-0.3, -0.25) is 9.69 Å². The van der Waals surface area contributed by atoms with E-state index in [1.54, 1.807) is 4.68 Å². The summed E-state index contributed by atoms with van der Waals surface area (Å²) in [7, 11) is 1.81. The summed E-state index contributed by atoms with van der Waals surface area (Å²) in [6.07, 6.45) is 5.95. The number of carboxylic acids is 1. The van der Waals surface area contributed by atoms with Gasteiger partial charge in [0.2, 0.25) is 5.95 Å². The molecule has 31 heavy (non-hydrogen) atoms. The highest BCUT2D eigenvalue weighted by molar-refractivity contribution is 5.62. The van der Waals surface area contributed by atoms with Gasteiger partial charge in [0.15, 0.2) is 5.82 Å². The first-order valence-corrected chi connectivity index (χ1v) is 10.9. The number of aliphatic hydroxyl groups excluding tert-OH is 1. The van der Waals surface area contributed by atoms with Crippen LogP contribution in [-0.4, -0.2) is 62.1 Å².